The summed E-state index contributed by atoms with van der Waals surface area (Å²) in [5.41, 5.74) is 3.49. The highest BCUT2D eigenvalue weighted by molar-refractivity contribution is 6.44. The lowest BCUT2D eigenvalue weighted by atomic mass is 9.98. The SMILES string of the molecule is CCCN1C(=O)C(c2c(C(C)C)[nH]n(-c3ccccc3)c2=O)=C([n+]2cc(C)cc(C)c2)C1=O. The maximum atomic E-state index is 13.7. The maximum Gasteiger partial charge on any atom is 0.326 e. The average Bonchev–Trinajstić information content (AvgIpc) is 3.23. The Hall–Kier alpha value is -3.74. The van der Waals surface area contributed by atoms with Gasteiger partial charge in [0.05, 0.1) is 11.3 Å². The second-order valence-electron chi connectivity index (χ2n) is 8.81. The van der Waals surface area contributed by atoms with Crippen LogP contribution >= 0.6 is 0 Å². The third-order valence-electron chi connectivity index (χ3n) is 5.75. The molecule has 3 aromatic rings. The van der Waals surface area contributed by atoms with E-state index in [9.17, 15) is 14.4 Å². The Labute approximate surface area is 193 Å². The smallest absolute Gasteiger partial charge is 0.294 e. The Balaban J connectivity index is 2.06. The van der Waals surface area contributed by atoms with Crippen LogP contribution in [0.3, 0.4) is 0 Å². The minimum absolute atomic E-state index is 0.0706. The number of H-pyrrole nitrogens is 1. The lowest BCUT2D eigenvalue weighted by Gasteiger charge is -2.12. The molecule has 2 aromatic heterocycles. The Morgan fingerprint density at radius 1 is 0.970 bits per heavy atom. The topological polar surface area (TPSA) is 79.1 Å². The number of carbonyl (C=O) groups is 2. The summed E-state index contributed by atoms with van der Waals surface area (Å²) in [6, 6.07) is 11.2. The zero-order valence-electron chi connectivity index (χ0n) is 19.7. The number of aromatic amines is 1. The fraction of sp³-hybridized carbons (Fsp3) is 0.308. The number of hydrogen-bond donors (Lipinski definition) is 1. The van der Waals surface area contributed by atoms with Gasteiger partial charge in [-0.3, -0.25) is 24.4 Å². The van der Waals surface area contributed by atoms with E-state index in [1.807, 2.05) is 83.4 Å². The predicted octanol–water partition coefficient (Wildman–Crippen LogP) is 3.34. The average molecular weight is 446 g/mol. The second kappa shape index (κ2) is 8.65. The minimum atomic E-state index is -0.429. The van der Waals surface area contributed by atoms with E-state index in [1.165, 1.54) is 9.58 Å². The molecule has 170 valence electrons. The number of para-hydroxylation sites is 1. The summed E-state index contributed by atoms with van der Waals surface area (Å²) in [6.07, 6.45) is 4.27. The van der Waals surface area contributed by atoms with Crippen molar-refractivity contribution < 1.29 is 14.2 Å². The van der Waals surface area contributed by atoms with Crippen LogP contribution in [-0.4, -0.2) is 33.0 Å². The number of imide groups is 1. The molecular formula is C26H29N4O3+. The number of carbonyl (C=O) groups excluding carboxylic acids is 2. The van der Waals surface area contributed by atoms with Gasteiger partial charge in [0.25, 0.3) is 17.2 Å². The predicted molar refractivity (Wildman–Crippen MR) is 127 cm³/mol. The Morgan fingerprint density at radius 3 is 2.18 bits per heavy atom. The van der Waals surface area contributed by atoms with Crippen molar-refractivity contribution >= 4 is 23.1 Å². The summed E-state index contributed by atoms with van der Waals surface area (Å²) in [6.45, 7) is 10.0. The number of rotatable bonds is 6. The highest BCUT2D eigenvalue weighted by Gasteiger charge is 2.47. The molecule has 1 aliphatic rings. The Kier molecular flexibility index (Phi) is 5.89. The van der Waals surface area contributed by atoms with Gasteiger partial charge in [-0.25, -0.2) is 4.68 Å². The molecule has 0 bridgehead atoms. The first kappa shape index (κ1) is 22.5. The zero-order valence-corrected chi connectivity index (χ0v) is 19.7. The van der Waals surface area contributed by atoms with E-state index in [4.69, 9.17) is 0 Å². The van der Waals surface area contributed by atoms with E-state index < -0.39 is 5.91 Å². The van der Waals surface area contributed by atoms with Crippen molar-refractivity contribution in [3.8, 4) is 5.69 Å². The van der Waals surface area contributed by atoms with Gasteiger partial charge in [-0.1, -0.05) is 39.0 Å². The van der Waals surface area contributed by atoms with Crippen LogP contribution in [0.2, 0.25) is 0 Å². The molecule has 0 fully saturated rings. The van der Waals surface area contributed by atoms with E-state index in [2.05, 4.69) is 5.10 Å². The van der Waals surface area contributed by atoms with Crippen LogP contribution in [0.4, 0.5) is 0 Å². The lowest BCUT2D eigenvalue weighted by Crippen LogP contribution is -2.40. The first-order valence-corrected chi connectivity index (χ1v) is 11.3. The third-order valence-corrected chi connectivity index (χ3v) is 5.75. The largest absolute Gasteiger partial charge is 0.326 e. The zero-order chi connectivity index (χ0) is 23.9. The normalized spacial score (nSPS) is 14.2. The van der Waals surface area contributed by atoms with Gasteiger partial charge in [-0.05, 0) is 44.4 Å². The molecule has 1 aliphatic heterocycles. The molecule has 0 aliphatic carbocycles. The Bertz CT molecular complexity index is 1310. The summed E-state index contributed by atoms with van der Waals surface area (Å²) < 4.78 is 3.14. The number of benzene rings is 1. The standard InChI is InChI=1S/C26H28N4O3/c1-6-12-29-24(31)21(23(26(29)33)28-14-17(4)13-18(5)15-28)20-22(16(2)3)27-30(25(20)32)19-10-8-7-9-11-19/h7-11,13-16H,6,12H2,1-5H3/p+1. The molecule has 0 spiro atoms. The lowest BCUT2D eigenvalue weighted by molar-refractivity contribution is -0.577. The highest BCUT2D eigenvalue weighted by atomic mass is 16.2. The molecule has 0 saturated carbocycles. The Morgan fingerprint density at radius 2 is 1.61 bits per heavy atom. The van der Waals surface area contributed by atoms with Crippen molar-refractivity contribution in [2.24, 2.45) is 0 Å². The van der Waals surface area contributed by atoms with Crippen LogP contribution in [0.25, 0.3) is 17.0 Å². The first-order valence-electron chi connectivity index (χ1n) is 11.3. The molecule has 7 nitrogen and oxygen atoms in total. The summed E-state index contributed by atoms with van der Waals surface area (Å²) in [5, 5.41) is 3.20. The van der Waals surface area contributed by atoms with Crippen molar-refractivity contribution in [1.29, 1.82) is 0 Å². The second-order valence-corrected chi connectivity index (χ2v) is 8.81. The van der Waals surface area contributed by atoms with Crippen LogP contribution < -0.4 is 10.1 Å². The number of amides is 2. The van der Waals surface area contributed by atoms with Gasteiger partial charge in [0.2, 0.25) is 0 Å². The molecule has 1 aromatic carbocycles. The van der Waals surface area contributed by atoms with Crippen LogP contribution in [0.1, 0.15) is 55.5 Å². The van der Waals surface area contributed by atoms with Gasteiger partial charge in [0, 0.05) is 23.4 Å². The van der Waals surface area contributed by atoms with Crippen molar-refractivity contribution in [3.05, 3.63) is 81.5 Å². The molecule has 33 heavy (non-hydrogen) atoms. The number of nitrogens with one attached hydrogen (secondary N) is 1. The number of aromatic nitrogens is 3. The fourth-order valence-corrected chi connectivity index (χ4v) is 4.37. The van der Waals surface area contributed by atoms with Crippen LogP contribution in [-0.2, 0) is 9.59 Å². The number of hydrogen-bond acceptors (Lipinski definition) is 3. The van der Waals surface area contributed by atoms with Crippen molar-refractivity contribution in [1.82, 2.24) is 14.7 Å². The molecule has 2 amide bonds. The summed E-state index contributed by atoms with van der Waals surface area (Å²) in [4.78, 5) is 42.1. The molecule has 0 unspecified atom stereocenters. The van der Waals surface area contributed by atoms with Crippen LogP contribution in [0.5, 0.6) is 0 Å². The highest BCUT2D eigenvalue weighted by Crippen LogP contribution is 2.32. The molecule has 0 saturated heterocycles. The van der Waals surface area contributed by atoms with Crippen LogP contribution in [0.15, 0.2) is 53.6 Å². The third kappa shape index (κ3) is 3.84. The van der Waals surface area contributed by atoms with Gasteiger partial charge in [-0.2, -0.15) is 4.57 Å². The minimum Gasteiger partial charge on any atom is -0.294 e. The van der Waals surface area contributed by atoms with Crippen molar-refractivity contribution in [3.63, 3.8) is 0 Å². The monoisotopic (exact) mass is 445 g/mol. The molecule has 1 N–H and O–H groups in total. The van der Waals surface area contributed by atoms with Gasteiger partial charge < -0.3 is 0 Å². The van der Waals surface area contributed by atoms with Gasteiger partial charge in [-0.15, -0.1) is 0 Å². The molecule has 4 rings (SSSR count). The van der Waals surface area contributed by atoms with Gasteiger partial charge in [0.1, 0.15) is 5.57 Å². The van der Waals surface area contributed by atoms with Crippen LogP contribution in [0, 0.1) is 13.8 Å². The summed E-state index contributed by atoms with van der Waals surface area (Å²) >= 11 is 0. The molecule has 0 atom stereocenters. The van der Waals surface area contributed by atoms with E-state index in [0.29, 0.717) is 24.3 Å². The van der Waals surface area contributed by atoms with Gasteiger partial charge >= 0.3 is 5.91 Å². The molecular weight excluding hydrogens is 416 g/mol. The van der Waals surface area contributed by atoms with Crippen molar-refractivity contribution in [2.75, 3.05) is 6.54 Å². The number of nitrogens with zero attached hydrogens (tertiary/aromatic N) is 3. The summed E-state index contributed by atoms with van der Waals surface area (Å²) in [5.74, 6) is -0.881. The number of pyridine rings is 1. The van der Waals surface area contributed by atoms with E-state index >= 15 is 0 Å². The number of aryl methyl sites for hydroxylation is 2. The van der Waals surface area contributed by atoms with E-state index in [1.54, 1.807) is 4.57 Å². The quantitative estimate of drug-likeness (QED) is 0.467. The molecule has 0 radical (unpaired) electrons. The first-order chi connectivity index (χ1) is 15.7. The van der Waals surface area contributed by atoms with E-state index in [0.717, 1.165) is 11.1 Å². The maximum absolute atomic E-state index is 13.7. The fourth-order valence-electron chi connectivity index (χ4n) is 4.37. The van der Waals surface area contributed by atoms with Crippen molar-refractivity contribution in [2.45, 2.75) is 47.0 Å². The van der Waals surface area contributed by atoms with Gasteiger partial charge in [0.15, 0.2) is 12.4 Å². The summed E-state index contributed by atoms with van der Waals surface area (Å²) in [7, 11) is 0. The van der Waals surface area contributed by atoms with E-state index in [-0.39, 0.29) is 34.2 Å². The molecule has 3 heterocycles. The molecule has 7 heteroatoms.